The molecule has 2 nitrogen and oxygen atoms in total. The van der Waals surface area contributed by atoms with E-state index in [-0.39, 0.29) is 0 Å². The largest absolute Gasteiger partial charge is 0.313 e. The van der Waals surface area contributed by atoms with Crippen LogP contribution in [0.2, 0.25) is 0 Å². The van der Waals surface area contributed by atoms with Gasteiger partial charge in [0.05, 0.1) is 0 Å². The Morgan fingerprint density at radius 1 is 1.22 bits per heavy atom. The Hall–Kier alpha value is -0.0800. The molecule has 0 amide bonds. The predicted octanol–water partition coefficient (Wildman–Crippen LogP) is 3.42. The van der Waals surface area contributed by atoms with Crippen LogP contribution in [0.15, 0.2) is 0 Å². The molecule has 0 aromatic carbocycles. The summed E-state index contributed by atoms with van der Waals surface area (Å²) in [6, 6.07) is 1.51. The van der Waals surface area contributed by atoms with Gasteiger partial charge in [0.2, 0.25) is 0 Å². The zero-order chi connectivity index (χ0) is 13.2. The van der Waals surface area contributed by atoms with Gasteiger partial charge in [0.15, 0.2) is 0 Å². The van der Waals surface area contributed by atoms with Gasteiger partial charge in [0.1, 0.15) is 0 Å². The van der Waals surface area contributed by atoms with Crippen LogP contribution in [-0.4, -0.2) is 35.6 Å². The topological polar surface area (TPSA) is 15.3 Å². The van der Waals surface area contributed by atoms with Crippen molar-refractivity contribution in [2.24, 2.45) is 5.92 Å². The van der Waals surface area contributed by atoms with Gasteiger partial charge in [-0.2, -0.15) is 0 Å². The summed E-state index contributed by atoms with van der Waals surface area (Å²) < 4.78 is 0. The van der Waals surface area contributed by atoms with Crippen molar-refractivity contribution in [3.8, 4) is 0 Å². The molecule has 2 heteroatoms. The minimum atomic E-state index is 0.425. The van der Waals surface area contributed by atoms with E-state index in [4.69, 9.17) is 0 Å². The monoisotopic (exact) mass is 252 g/mol. The molecule has 0 bridgehead atoms. The van der Waals surface area contributed by atoms with Gasteiger partial charge in [0, 0.05) is 17.6 Å². The summed E-state index contributed by atoms with van der Waals surface area (Å²) in [5, 5.41) is 3.75. The molecule has 1 N–H and O–H groups in total. The smallest absolute Gasteiger partial charge is 0.0257 e. The number of rotatable bonds is 4. The lowest BCUT2D eigenvalue weighted by atomic mass is 9.79. The van der Waals surface area contributed by atoms with Crippen molar-refractivity contribution in [2.75, 3.05) is 13.1 Å². The van der Waals surface area contributed by atoms with Crippen LogP contribution < -0.4 is 5.32 Å². The van der Waals surface area contributed by atoms with Crippen molar-refractivity contribution < 1.29 is 0 Å². The number of likely N-dealkylation sites (N-methyl/N-ethyl adjacent to an activating group) is 1. The highest BCUT2D eigenvalue weighted by atomic mass is 15.3. The van der Waals surface area contributed by atoms with Crippen molar-refractivity contribution in [1.29, 1.82) is 0 Å². The molecule has 1 saturated heterocycles. The van der Waals surface area contributed by atoms with Crippen molar-refractivity contribution in [3.63, 3.8) is 0 Å². The van der Waals surface area contributed by atoms with Gasteiger partial charge in [-0.25, -0.2) is 0 Å². The molecule has 2 rings (SSSR count). The number of nitrogens with one attached hydrogen (secondary N) is 1. The fourth-order valence-electron chi connectivity index (χ4n) is 4.19. The van der Waals surface area contributed by atoms with Crippen LogP contribution in [0, 0.1) is 5.92 Å². The fraction of sp³-hybridized carbons (Fsp3) is 1.00. The minimum absolute atomic E-state index is 0.425. The van der Waals surface area contributed by atoms with Crippen LogP contribution >= 0.6 is 0 Å². The summed E-state index contributed by atoms with van der Waals surface area (Å²) in [5.74, 6) is 0.960. The molecule has 3 unspecified atom stereocenters. The van der Waals surface area contributed by atoms with Gasteiger partial charge in [-0.05, 0) is 65.0 Å². The summed E-state index contributed by atoms with van der Waals surface area (Å²) in [6.45, 7) is 11.9. The summed E-state index contributed by atoms with van der Waals surface area (Å²) in [7, 11) is 0. The lowest BCUT2D eigenvalue weighted by Gasteiger charge is -2.46. The maximum Gasteiger partial charge on any atom is 0.0257 e. The van der Waals surface area contributed by atoms with Crippen molar-refractivity contribution in [1.82, 2.24) is 10.2 Å². The molecule has 1 aliphatic heterocycles. The molecule has 2 aliphatic rings. The van der Waals surface area contributed by atoms with Gasteiger partial charge in [-0.15, -0.1) is 0 Å². The molecule has 1 aliphatic carbocycles. The number of nitrogens with zero attached hydrogens (tertiary/aromatic N) is 1. The van der Waals surface area contributed by atoms with Gasteiger partial charge in [0.25, 0.3) is 0 Å². The van der Waals surface area contributed by atoms with E-state index in [2.05, 4.69) is 37.9 Å². The second-order valence-electron chi connectivity index (χ2n) is 6.93. The molecule has 0 radical (unpaired) electrons. The number of likely N-dealkylation sites (tertiary alicyclic amines) is 1. The highest BCUT2D eigenvalue weighted by Crippen LogP contribution is 2.38. The highest BCUT2D eigenvalue weighted by Gasteiger charge is 2.41. The second kappa shape index (κ2) is 5.92. The molecule has 0 aromatic heterocycles. The Balaban J connectivity index is 2.09. The van der Waals surface area contributed by atoms with Crippen LogP contribution in [0.25, 0.3) is 0 Å². The molecule has 2 fully saturated rings. The second-order valence-corrected chi connectivity index (χ2v) is 6.93. The van der Waals surface area contributed by atoms with E-state index in [1.807, 2.05) is 0 Å². The maximum absolute atomic E-state index is 3.75. The normalized spacial score (nSPS) is 37.0. The molecular weight excluding hydrogens is 220 g/mol. The Kier molecular flexibility index (Phi) is 4.71. The van der Waals surface area contributed by atoms with Crippen molar-refractivity contribution in [3.05, 3.63) is 0 Å². The third-order valence-electron chi connectivity index (χ3n) is 5.33. The zero-order valence-corrected chi connectivity index (χ0v) is 12.8. The first-order valence-electron chi connectivity index (χ1n) is 8.08. The van der Waals surface area contributed by atoms with Crippen molar-refractivity contribution in [2.45, 2.75) is 83.8 Å². The van der Waals surface area contributed by atoms with E-state index in [0.29, 0.717) is 5.54 Å². The lowest BCUT2D eigenvalue weighted by molar-refractivity contribution is 0.0487. The summed E-state index contributed by atoms with van der Waals surface area (Å²) in [5.41, 5.74) is 0.425. The molecule has 1 heterocycles. The molecule has 18 heavy (non-hydrogen) atoms. The number of hydrogen-bond acceptors (Lipinski definition) is 2. The molecule has 1 saturated carbocycles. The molecular formula is C16H32N2. The third-order valence-corrected chi connectivity index (χ3v) is 5.33. The Labute approximate surface area is 114 Å². The summed E-state index contributed by atoms with van der Waals surface area (Å²) in [6.07, 6.45) is 8.35. The van der Waals surface area contributed by atoms with E-state index in [0.717, 1.165) is 24.5 Å². The lowest BCUT2D eigenvalue weighted by Crippen LogP contribution is -2.57. The molecule has 106 valence electrons. The SMILES string of the molecule is CCNC1CCC(CC)CC1N1CCCC1(C)C. The predicted molar refractivity (Wildman–Crippen MR) is 78.9 cm³/mol. The standard InChI is InChI=1S/C16H32N2/c1-5-13-8-9-14(17-6-2)15(12-13)18-11-7-10-16(18,3)4/h13-15,17H,5-12H2,1-4H3. The van der Waals surface area contributed by atoms with Crippen LogP contribution in [0.1, 0.15) is 66.2 Å². The van der Waals surface area contributed by atoms with E-state index in [9.17, 15) is 0 Å². The quantitative estimate of drug-likeness (QED) is 0.825. The minimum Gasteiger partial charge on any atom is -0.313 e. The van der Waals surface area contributed by atoms with E-state index in [1.54, 1.807) is 0 Å². The van der Waals surface area contributed by atoms with Crippen molar-refractivity contribution >= 4 is 0 Å². The van der Waals surface area contributed by atoms with Crippen LogP contribution in [0.5, 0.6) is 0 Å². The Bertz CT molecular complexity index is 262. The Morgan fingerprint density at radius 3 is 2.56 bits per heavy atom. The van der Waals surface area contributed by atoms with Crippen LogP contribution in [-0.2, 0) is 0 Å². The molecule has 0 aromatic rings. The molecule has 0 spiro atoms. The first-order chi connectivity index (χ1) is 8.58. The zero-order valence-electron chi connectivity index (χ0n) is 12.8. The third kappa shape index (κ3) is 2.91. The van der Waals surface area contributed by atoms with Crippen LogP contribution in [0.3, 0.4) is 0 Å². The molecule has 3 atom stereocenters. The first kappa shape index (κ1) is 14.3. The summed E-state index contributed by atoms with van der Waals surface area (Å²) in [4.78, 5) is 2.82. The van der Waals surface area contributed by atoms with Gasteiger partial charge in [-0.3, -0.25) is 4.90 Å². The maximum atomic E-state index is 3.75. The average Bonchev–Trinajstić information content (AvgIpc) is 2.70. The summed E-state index contributed by atoms with van der Waals surface area (Å²) >= 11 is 0. The average molecular weight is 252 g/mol. The van der Waals surface area contributed by atoms with Gasteiger partial charge >= 0.3 is 0 Å². The van der Waals surface area contributed by atoms with Gasteiger partial charge in [-0.1, -0.05) is 20.3 Å². The number of hydrogen-bond donors (Lipinski definition) is 1. The van der Waals surface area contributed by atoms with Gasteiger partial charge < -0.3 is 5.32 Å². The Morgan fingerprint density at radius 2 is 2.00 bits per heavy atom. The first-order valence-corrected chi connectivity index (χ1v) is 8.08. The van der Waals surface area contributed by atoms with E-state index < -0.39 is 0 Å². The van der Waals surface area contributed by atoms with E-state index in [1.165, 1.54) is 45.1 Å². The highest BCUT2D eigenvalue weighted by molar-refractivity contribution is 4.99. The van der Waals surface area contributed by atoms with Crippen LogP contribution in [0.4, 0.5) is 0 Å². The van der Waals surface area contributed by atoms with E-state index >= 15 is 0 Å². The fourth-order valence-corrected chi connectivity index (χ4v) is 4.19.